The van der Waals surface area contributed by atoms with E-state index in [1.54, 1.807) is 18.2 Å². The molecule has 2 aliphatic rings. The molecule has 6 heteroatoms. The second-order valence-corrected chi connectivity index (χ2v) is 8.55. The van der Waals surface area contributed by atoms with Crippen LogP contribution in [0.1, 0.15) is 41.3 Å². The molecule has 0 atom stereocenters. The maximum absolute atomic E-state index is 12.5. The Hall–Kier alpha value is -2.70. The summed E-state index contributed by atoms with van der Waals surface area (Å²) in [5.41, 5.74) is 3.61. The Morgan fingerprint density at radius 3 is 2.29 bits per heavy atom. The minimum absolute atomic E-state index is 0.0462. The molecule has 0 unspecified atom stereocenters. The van der Waals surface area contributed by atoms with E-state index in [2.05, 4.69) is 51.6 Å². The fourth-order valence-corrected chi connectivity index (χ4v) is 3.90. The third kappa shape index (κ3) is 6.15. The maximum Gasteiger partial charge on any atom is 0.251 e. The molecule has 0 bridgehead atoms. The highest BCUT2D eigenvalue weighted by molar-refractivity contribution is 5.98. The van der Waals surface area contributed by atoms with Gasteiger partial charge in [0.1, 0.15) is 0 Å². The highest BCUT2D eigenvalue weighted by Crippen LogP contribution is 2.30. The topological polar surface area (TPSA) is 64.7 Å². The van der Waals surface area contributed by atoms with E-state index >= 15 is 0 Å². The molecule has 2 aromatic rings. The van der Waals surface area contributed by atoms with Crippen molar-refractivity contribution in [1.29, 1.82) is 0 Å². The number of carbonyl (C=O) groups is 2. The van der Waals surface area contributed by atoms with Crippen molar-refractivity contribution >= 4 is 17.5 Å². The summed E-state index contributed by atoms with van der Waals surface area (Å²) < 4.78 is 0. The summed E-state index contributed by atoms with van der Waals surface area (Å²) in [6.07, 6.45) is 1.92. The van der Waals surface area contributed by atoms with Crippen molar-refractivity contribution < 1.29 is 9.59 Å². The molecule has 2 amide bonds. The minimum atomic E-state index is -0.139. The lowest BCUT2D eigenvalue weighted by molar-refractivity contribution is -0.117. The van der Waals surface area contributed by atoms with Crippen LogP contribution in [0.4, 0.5) is 5.69 Å². The van der Waals surface area contributed by atoms with E-state index in [-0.39, 0.29) is 17.7 Å². The van der Waals surface area contributed by atoms with E-state index in [1.807, 2.05) is 6.07 Å². The number of nitrogens with one attached hydrogen (secondary N) is 2. The zero-order valence-electron chi connectivity index (χ0n) is 18.3. The summed E-state index contributed by atoms with van der Waals surface area (Å²) in [4.78, 5) is 29.5. The van der Waals surface area contributed by atoms with Gasteiger partial charge in [0, 0.05) is 56.4 Å². The number of hydrogen-bond acceptors (Lipinski definition) is 4. The lowest BCUT2D eigenvalue weighted by atomic mass is 10.1. The second-order valence-electron chi connectivity index (χ2n) is 8.55. The van der Waals surface area contributed by atoms with Crippen molar-refractivity contribution in [2.24, 2.45) is 5.92 Å². The second kappa shape index (κ2) is 10.1. The van der Waals surface area contributed by atoms with E-state index in [4.69, 9.17) is 0 Å². The Morgan fingerprint density at radius 1 is 0.935 bits per heavy atom. The van der Waals surface area contributed by atoms with E-state index in [1.165, 1.54) is 5.56 Å². The average Bonchev–Trinajstić information content (AvgIpc) is 3.65. The molecule has 2 aromatic carbocycles. The normalized spacial score (nSPS) is 17.3. The first kappa shape index (κ1) is 21.5. The van der Waals surface area contributed by atoms with Crippen molar-refractivity contribution in [3.8, 4) is 0 Å². The summed E-state index contributed by atoms with van der Waals surface area (Å²) in [6.45, 7) is 9.33. The van der Waals surface area contributed by atoms with Crippen LogP contribution in [0.25, 0.3) is 0 Å². The molecule has 31 heavy (non-hydrogen) atoms. The van der Waals surface area contributed by atoms with Crippen LogP contribution in [0.5, 0.6) is 0 Å². The molecular weight excluding hydrogens is 388 g/mol. The third-order valence-corrected chi connectivity index (χ3v) is 6.13. The standard InChI is InChI=1S/C25H32N4O2/c1-2-28-12-14-29(15-13-28)18-20-8-6-19(7-9-20)17-26-24(30)22-4-3-5-23(16-22)27-25(31)21-10-11-21/h3-9,16,21H,2,10-15,17-18H2,1H3,(H,26,30)(H,27,31). The molecule has 0 radical (unpaired) electrons. The van der Waals surface area contributed by atoms with E-state index in [9.17, 15) is 9.59 Å². The smallest absolute Gasteiger partial charge is 0.251 e. The Labute approximate surface area is 184 Å². The lowest BCUT2D eigenvalue weighted by Crippen LogP contribution is -2.45. The average molecular weight is 421 g/mol. The third-order valence-electron chi connectivity index (χ3n) is 6.13. The van der Waals surface area contributed by atoms with Gasteiger partial charge in [-0.2, -0.15) is 0 Å². The molecule has 2 fully saturated rings. The summed E-state index contributed by atoms with van der Waals surface area (Å²) in [6, 6.07) is 15.6. The van der Waals surface area contributed by atoms with Crippen molar-refractivity contribution in [2.75, 3.05) is 38.0 Å². The molecule has 0 spiro atoms. The van der Waals surface area contributed by atoms with Gasteiger partial charge in [-0.3, -0.25) is 14.5 Å². The largest absolute Gasteiger partial charge is 0.348 e. The van der Waals surface area contributed by atoms with Gasteiger partial charge in [-0.15, -0.1) is 0 Å². The molecule has 2 N–H and O–H groups in total. The van der Waals surface area contributed by atoms with E-state index < -0.39 is 0 Å². The van der Waals surface area contributed by atoms with E-state index in [0.717, 1.165) is 57.7 Å². The molecule has 1 aliphatic carbocycles. The molecule has 1 heterocycles. The van der Waals surface area contributed by atoms with E-state index in [0.29, 0.717) is 17.8 Å². The van der Waals surface area contributed by atoms with Crippen LogP contribution in [-0.2, 0) is 17.9 Å². The first-order chi connectivity index (χ1) is 15.1. The van der Waals surface area contributed by atoms with Crippen molar-refractivity contribution in [3.05, 3.63) is 65.2 Å². The molecular formula is C25H32N4O2. The molecule has 6 nitrogen and oxygen atoms in total. The van der Waals surface area contributed by atoms with Gasteiger partial charge in [0.05, 0.1) is 0 Å². The quantitative estimate of drug-likeness (QED) is 0.689. The van der Waals surface area contributed by atoms with Crippen LogP contribution < -0.4 is 10.6 Å². The highest BCUT2D eigenvalue weighted by atomic mass is 16.2. The first-order valence-electron chi connectivity index (χ1n) is 11.3. The monoisotopic (exact) mass is 420 g/mol. The van der Waals surface area contributed by atoms with Crippen LogP contribution in [0.3, 0.4) is 0 Å². The van der Waals surface area contributed by atoms with Gasteiger partial charge in [-0.1, -0.05) is 37.3 Å². The predicted octanol–water partition coefficient (Wildman–Crippen LogP) is 3.10. The molecule has 1 saturated heterocycles. The number of nitrogens with zero attached hydrogens (tertiary/aromatic N) is 2. The maximum atomic E-state index is 12.5. The Bertz CT molecular complexity index is 900. The first-order valence-corrected chi connectivity index (χ1v) is 11.3. The van der Waals surface area contributed by atoms with Crippen LogP contribution >= 0.6 is 0 Å². The highest BCUT2D eigenvalue weighted by Gasteiger charge is 2.29. The van der Waals surface area contributed by atoms with Gasteiger partial charge < -0.3 is 15.5 Å². The lowest BCUT2D eigenvalue weighted by Gasteiger charge is -2.34. The predicted molar refractivity (Wildman–Crippen MR) is 123 cm³/mol. The summed E-state index contributed by atoms with van der Waals surface area (Å²) in [7, 11) is 0. The zero-order valence-corrected chi connectivity index (χ0v) is 18.3. The number of rotatable bonds is 8. The Morgan fingerprint density at radius 2 is 1.61 bits per heavy atom. The molecule has 164 valence electrons. The molecule has 4 rings (SSSR count). The molecule has 1 saturated carbocycles. The zero-order chi connectivity index (χ0) is 21.6. The fraction of sp³-hybridized carbons (Fsp3) is 0.440. The number of piperazine rings is 1. The van der Waals surface area contributed by atoms with Gasteiger partial charge >= 0.3 is 0 Å². The van der Waals surface area contributed by atoms with Crippen molar-refractivity contribution in [1.82, 2.24) is 15.1 Å². The van der Waals surface area contributed by atoms with Crippen LogP contribution in [0, 0.1) is 5.92 Å². The molecule has 1 aliphatic heterocycles. The van der Waals surface area contributed by atoms with Gasteiger partial charge in [0.15, 0.2) is 0 Å². The molecule has 0 aromatic heterocycles. The number of amides is 2. The number of carbonyl (C=O) groups excluding carboxylic acids is 2. The summed E-state index contributed by atoms with van der Waals surface area (Å²) in [5.74, 6) is 0.0479. The van der Waals surface area contributed by atoms with Crippen molar-refractivity contribution in [3.63, 3.8) is 0 Å². The van der Waals surface area contributed by atoms with Crippen molar-refractivity contribution in [2.45, 2.75) is 32.9 Å². The number of likely N-dealkylation sites (N-methyl/N-ethyl adjacent to an activating group) is 1. The van der Waals surface area contributed by atoms with Gasteiger partial charge in [0.2, 0.25) is 5.91 Å². The van der Waals surface area contributed by atoms with Crippen LogP contribution in [0.15, 0.2) is 48.5 Å². The Kier molecular flexibility index (Phi) is 6.99. The van der Waals surface area contributed by atoms with Gasteiger partial charge in [-0.05, 0) is 48.7 Å². The summed E-state index contributed by atoms with van der Waals surface area (Å²) in [5, 5.41) is 5.87. The summed E-state index contributed by atoms with van der Waals surface area (Å²) >= 11 is 0. The number of hydrogen-bond donors (Lipinski definition) is 2. The number of anilines is 1. The van der Waals surface area contributed by atoms with Gasteiger partial charge in [0.25, 0.3) is 5.91 Å². The Balaban J connectivity index is 1.25. The van der Waals surface area contributed by atoms with Crippen LogP contribution in [-0.4, -0.2) is 54.3 Å². The van der Waals surface area contributed by atoms with Crippen LogP contribution in [0.2, 0.25) is 0 Å². The minimum Gasteiger partial charge on any atom is -0.348 e. The SMILES string of the molecule is CCN1CCN(Cc2ccc(CNC(=O)c3cccc(NC(=O)C4CC4)c3)cc2)CC1. The van der Waals surface area contributed by atoms with Gasteiger partial charge in [-0.25, -0.2) is 0 Å². The number of benzene rings is 2. The fourth-order valence-electron chi connectivity index (χ4n) is 3.90.